The van der Waals surface area contributed by atoms with Crippen LogP contribution in [0, 0.1) is 0 Å². The van der Waals surface area contributed by atoms with Crippen molar-refractivity contribution in [1.29, 1.82) is 0 Å². The number of hydrogen-bond acceptors (Lipinski definition) is 1. The molecule has 0 aliphatic heterocycles. The Morgan fingerprint density at radius 2 is 0.597 bits per heavy atom. The number of nitrogens with zero attached hydrogens (tertiary/aromatic N) is 1. The average Bonchev–Trinajstić information content (AvgIpc) is 4.00. The van der Waals surface area contributed by atoms with Crippen LogP contribution in [0.3, 0.4) is 0 Å². The number of benzene rings is 11. The van der Waals surface area contributed by atoms with Crippen LogP contribution in [-0.2, 0) is 16.2 Å². The highest BCUT2D eigenvalue weighted by molar-refractivity contribution is 5.98. The van der Waals surface area contributed by atoms with Gasteiger partial charge in [-0.05, 0) is 131 Å². The molecule has 0 spiro atoms. The van der Waals surface area contributed by atoms with Gasteiger partial charge >= 0.3 is 0 Å². The molecule has 72 heavy (non-hydrogen) atoms. The molecule has 11 aromatic rings. The third-order valence-corrected chi connectivity index (χ3v) is 16.4. The molecule has 0 heterocycles. The first kappa shape index (κ1) is 42.1. The molecule has 1 nitrogen and oxygen atoms in total. The highest BCUT2D eigenvalue weighted by Gasteiger charge is 2.48. The summed E-state index contributed by atoms with van der Waals surface area (Å²) in [6.45, 7) is 4.80. The summed E-state index contributed by atoms with van der Waals surface area (Å²) in [5, 5.41) is 0. The molecule has 0 N–H and O–H groups in total. The van der Waals surface area contributed by atoms with E-state index in [1.54, 1.807) is 0 Å². The molecular weight excluding hydrogens is 867 g/mol. The molecule has 0 radical (unpaired) electrons. The monoisotopic (exact) mass is 917 g/mol. The molecule has 3 aliphatic carbocycles. The standard InChI is InChI=1S/C71H51N/c1-69(2)62-37-21-18-36-57(62)61-46-60(48-24-8-3-9-25-48)68(47-65(61)69)72(53-40-42-58-55-34-19-22-38-63(55)70(66(58)44-53,49-26-10-4-11-27-49)50-28-12-5-13-29-50)54-41-43-59-56-35-20-23-39-64(56)71(67(59)45-54,51-30-14-6-15-31-51)52-32-16-7-17-33-52/h3-47H,1-2H3. The summed E-state index contributed by atoms with van der Waals surface area (Å²) < 4.78 is 0. The van der Waals surface area contributed by atoms with E-state index in [1.807, 2.05) is 0 Å². The van der Waals surface area contributed by atoms with Gasteiger partial charge in [0.15, 0.2) is 0 Å². The van der Waals surface area contributed by atoms with Crippen LogP contribution in [0.15, 0.2) is 273 Å². The Labute approximate surface area is 423 Å². The molecule has 0 unspecified atom stereocenters. The quantitative estimate of drug-likeness (QED) is 0.147. The van der Waals surface area contributed by atoms with Gasteiger partial charge in [-0.3, -0.25) is 0 Å². The third-order valence-electron chi connectivity index (χ3n) is 16.4. The average molecular weight is 918 g/mol. The maximum atomic E-state index is 2.59. The summed E-state index contributed by atoms with van der Waals surface area (Å²) in [5.74, 6) is 0. The lowest BCUT2D eigenvalue weighted by atomic mass is 9.67. The van der Waals surface area contributed by atoms with Gasteiger partial charge in [0.1, 0.15) is 0 Å². The normalized spacial score (nSPS) is 14.6. The highest BCUT2D eigenvalue weighted by atomic mass is 15.1. The second kappa shape index (κ2) is 16.1. The zero-order chi connectivity index (χ0) is 48.0. The van der Waals surface area contributed by atoms with E-state index in [1.165, 1.54) is 100 Å². The molecule has 0 atom stereocenters. The van der Waals surface area contributed by atoms with Crippen LogP contribution in [0.4, 0.5) is 17.1 Å². The Bertz CT molecular complexity index is 3610. The molecule has 0 aromatic heterocycles. The van der Waals surface area contributed by atoms with E-state index in [9.17, 15) is 0 Å². The predicted molar refractivity (Wildman–Crippen MR) is 299 cm³/mol. The van der Waals surface area contributed by atoms with Crippen LogP contribution in [0.1, 0.15) is 69.5 Å². The molecule has 340 valence electrons. The van der Waals surface area contributed by atoms with Crippen molar-refractivity contribution in [1.82, 2.24) is 0 Å². The lowest BCUT2D eigenvalue weighted by molar-refractivity contribution is 0.660. The van der Waals surface area contributed by atoms with Gasteiger partial charge in [0, 0.05) is 22.4 Å². The summed E-state index contributed by atoms with van der Waals surface area (Å²) in [4.78, 5) is 2.59. The van der Waals surface area contributed by atoms with Crippen molar-refractivity contribution in [2.24, 2.45) is 0 Å². The summed E-state index contributed by atoms with van der Waals surface area (Å²) in [6.07, 6.45) is 0. The third kappa shape index (κ3) is 5.89. The molecule has 3 aliphatic rings. The maximum absolute atomic E-state index is 2.59. The van der Waals surface area contributed by atoms with Gasteiger partial charge in [0.05, 0.1) is 16.5 Å². The molecule has 0 saturated carbocycles. The van der Waals surface area contributed by atoms with E-state index in [0.29, 0.717) is 0 Å². The van der Waals surface area contributed by atoms with Crippen LogP contribution in [0.5, 0.6) is 0 Å². The fourth-order valence-electron chi connectivity index (χ4n) is 13.3. The molecule has 0 amide bonds. The molecule has 14 rings (SSSR count). The van der Waals surface area contributed by atoms with Crippen LogP contribution in [0.2, 0.25) is 0 Å². The summed E-state index contributed by atoms with van der Waals surface area (Å²) in [7, 11) is 0. The first-order valence-electron chi connectivity index (χ1n) is 25.3. The van der Waals surface area contributed by atoms with Gasteiger partial charge in [0.2, 0.25) is 0 Å². The van der Waals surface area contributed by atoms with Gasteiger partial charge in [0.25, 0.3) is 0 Å². The minimum Gasteiger partial charge on any atom is -0.310 e. The van der Waals surface area contributed by atoms with E-state index in [4.69, 9.17) is 0 Å². The van der Waals surface area contributed by atoms with Gasteiger partial charge < -0.3 is 4.90 Å². The zero-order valence-electron chi connectivity index (χ0n) is 40.4. The van der Waals surface area contributed by atoms with Crippen molar-refractivity contribution in [2.75, 3.05) is 4.90 Å². The topological polar surface area (TPSA) is 3.24 Å². The summed E-state index contributed by atoms with van der Waals surface area (Å²) >= 11 is 0. The zero-order valence-corrected chi connectivity index (χ0v) is 40.4. The smallest absolute Gasteiger partial charge is 0.0714 e. The highest BCUT2D eigenvalue weighted by Crippen LogP contribution is 2.61. The van der Waals surface area contributed by atoms with Crippen LogP contribution in [0.25, 0.3) is 44.5 Å². The lowest BCUT2D eigenvalue weighted by Gasteiger charge is -2.36. The SMILES string of the molecule is CC1(C)c2ccccc2-c2cc(-c3ccccc3)c(N(c3ccc4c(c3)C(c3ccccc3)(c3ccccc3)c3ccccc3-4)c3ccc4c(c3)C(c3ccccc3)(c3ccccc3)c3ccccc3-4)cc21. The van der Waals surface area contributed by atoms with E-state index in [-0.39, 0.29) is 5.41 Å². The first-order valence-corrected chi connectivity index (χ1v) is 25.3. The Morgan fingerprint density at radius 3 is 1.03 bits per heavy atom. The minimum absolute atomic E-state index is 0.230. The van der Waals surface area contributed by atoms with E-state index < -0.39 is 10.8 Å². The molecule has 0 saturated heterocycles. The Balaban J connectivity index is 1.10. The lowest BCUT2D eigenvalue weighted by Crippen LogP contribution is -2.29. The van der Waals surface area contributed by atoms with Crippen LogP contribution in [-0.4, -0.2) is 0 Å². The maximum Gasteiger partial charge on any atom is 0.0714 e. The predicted octanol–water partition coefficient (Wildman–Crippen LogP) is 17.9. The van der Waals surface area contributed by atoms with Crippen molar-refractivity contribution >= 4 is 17.1 Å². The molecule has 1 heteroatoms. The van der Waals surface area contributed by atoms with Crippen molar-refractivity contribution in [3.05, 3.63) is 329 Å². The summed E-state index contributed by atoms with van der Waals surface area (Å²) in [6, 6.07) is 103. The molecule has 11 aromatic carbocycles. The molecular formula is C71H51N. The van der Waals surface area contributed by atoms with Crippen molar-refractivity contribution in [2.45, 2.75) is 30.1 Å². The van der Waals surface area contributed by atoms with E-state index in [0.717, 1.165) is 17.1 Å². The Hall–Kier alpha value is -8.78. The van der Waals surface area contributed by atoms with Crippen LogP contribution >= 0.6 is 0 Å². The van der Waals surface area contributed by atoms with Crippen LogP contribution < -0.4 is 4.90 Å². The number of hydrogen-bond donors (Lipinski definition) is 0. The fraction of sp³-hybridized carbons (Fsp3) is 0.0704. The minimum atomic E-state index is -0.574. The van der Waals surface area contributed by atoms with Crippen molar-refractivity contribution in [3.63, 3.8) is 0 Å². The van der Waals surface area contributed by atoms with E-state index >= 15 is 0 Å². The Morgan fingerprint density at radius 1 is 0.250 bits per heavy atom. The van der Waals surface area contributed by atoms with Gasteiger partial charge in [-0.15, -0.1) is 0 Å². The van der Waals surface area contributed by atoms with Crippen molar-refractivity contribution < 1.29 is 0 Å². The second-order valence-electron chi connectivity index (χ2n) is 20.3. The van der Waals surface area contributed by atoms with Gasteiger partial charge in [-0.2, -0.15) is 0 Å². The van der Waals surface area contributed by atoms with Crippen molar-refractivity contribution in [3.8, 4) is 44.5 Å². The largest absolute Gasteiger partial charge is 0.310 e. The molecule has 0 fully saturated rings. The van der Waals surface area contributed by atoms with Gasteiger partial charge in [-0.25, -0.2) is 0 Å². The number of anilines is 3. The Kier molecular flexibility index (Phi) is 9.44. The second-order valence-corrected chi connectivity index (χ2v) is 20.3. The number of fused-ring (bicyclic) bond motifs is 9. The number of rotatable bonds is 8. The first-order chi connectivity index (χ1) is 35.5. The van der Waals surface area contributed by atoms with Gasteiger partial charge in [-0.1, -0.05) is 250 Å². The fourth-order valence-corrected chi connectivity index (χ4v) is 13.3. The summed E-state index contributed by atoms with van der Waals surface area (Å²) in [5.41, 5.74) is 24.8. The van der Waals surface area contributed by atoms with E-state index in [2.05, 4.69) is 292 Å². The molecule has 0 bridgehead atoms.